The Hall–Kier alpha value is -3.57. The van der Waals surface area contributed by atoms with Gasteiger partial charge in [-0.05, 0) is 87.1 Å². The van der Waals surface area contributed by atoms with Crippen LogP contribution in [0.5, 0.6) is 23.0 Å². The summed E-state index contributed by atoms with van der Waals surface area (Å²) in [5.74, 6) is 4.69. The molecule has 4 aromatic rings. The van der Waals surface area contributed by atoms with E-state index in [4.69, 9.17) is 34.1 Å². The van der Waals surface area contributed by atoms with E-state index in [-0.39, 0.29) is 0 Å². The largest absolute Gasteiger partial charge is 0.494 e. The molecule has 0 saturated heterocycles. The van der Waals surface area contributed by atoms with E-state index in [1.54, 1.807) is 0 Å². The average molecular weight is 1180 g/mol. The molecule has 0 radical (unpaired) electrons. The van der Waals surface area contributed by atoms with Crippen molar-refractivity contribution in [1.82, 2.24) is 19.9 Å². The second-order valence-electron chi connectivity index (χ2n) is 26.6. The van der Waals surface area contributed by atoms with Crippen molar-refractivity contribution in [2.45, 2.75) is 335 Å². The minimum absolute atomic E-state index is 0.710. The maximum absolute atomic E-state index is 6.93. The lowest BCUT2D eigenvalue weighted by Gasteiger charge is -2.19. The van der Waals surface area contributed by atoms with Gasteiger partial charge >= 0.3 is 0 Å². The van der Waals surface area contributed by atoms with Crippen molar-refractivity contribution >= 4 is 16.1 Å². The van der Waals surface area contributed by atoms with Gasteiger partial charge in [-0.25, -0.2) is 19.9 Å². The van der Waals surface area contributed by atoms with Gasteiger partial charge in [0.15, 0.2) is 23.1 Å². The van der Waals surface area contributed by atoms with E-state index in [0.717, 1.165) is 97.4 Å². The van der Waals surface area contributed by atoms with E-state index >= 15 is 0 Å². The van der Waals surface area contributed by atoms with Gasteiger partial charge in [-0.2, -0.15) is 0 Å². The summed E-state index contributed by atoms with van der Waals surface area (Å²) in [6.07, 6.45) is 55.4. The summed E-state index contributed by atoms with van der Waals surface area (Å²) in [4.78, 5) is 20.5. The Labute approximate surface area is 513 Å². The Bertz CT molecular complexity index is 2030. The zero-order valence-electron chi connectivity index (χ0n) is 55.3. The highest BCUT2D eigenvalue weighted by Crippen LogP contribution is 2.33. The maximum Gasteiger partial charge on any atom is 0.167 e. The summed E-state index contributed by atoms with van der Waals surface area (Å²) in [5, 5.41) is 0. The lowest BCUT2D eigenvalue weighted by molar-refractivity contribution is 0.304. The first-order chi connectivity index (χ1) is 40.6. The van der Waals surface area contributed by atoms with E-state index in [2.05, 4.69) is 102 Å². The molecule has 0 fully saturated rings. The van der Waals surface area contributed by atoms with Crippen LogP contribution in [-0.4, -0.2) is 49.3 Å². The van der Waals surface area contributed by atoms with Gasteiger partial charge in [0.25, 0.3) is 0 Å². The summed E-state index contributed by atoms with van der Waals surface area (Å²) >= 11 is 0. The van der Waals surface area contributed by atoms with E-state index in [1.807, 2.05) is 12.4 Å². The van der Waals surface area contributed by atoms with E-state index in [9.17, 15) is 0 Å². The fourth-order valence-corrected chi connectivity index (χ4v) is 14.4. The van der Waals surface area contributed by atoms with Crippen LogP contribution in [0.4, 0.5) is 0 Å². The number of aromatic nitrogens is 4. The van der Waals surface area contributed by atoms with Crippen LogP contribution in [0.25, 0.3) is 22.8 Å². The molecule has 0 unspecified atom stereocenters. The molecule has 2 aromatic carbocycles. The Morgan fingerprint density at radius 3 is 0.904 bits per heavy atom. The zero-order valence-corrected chi connectivity index (χ0v) is 57.3. The predicted molar refractivity (Wildman–Crippen MR) is 366 cm³/mol. The van der Waals surface area contributed by atoms with Gasteiger partial charge in [-0.15, -0.1) is 0 Å². The normalized spacial score (nSPS) is 11.9. The van der Waals surface area contributed by atoms with Crippen LogP contribution < -0.4 is 14.2 Å². The van der Waals surface area contributed by atoms with Gasteiger partial charge in [0.05, 0.1) is 37.0 Å². The average Bonchev–Trinajstić information content (AvgIpc) is 3.69. The molecule has 0 atom stereocenters. The number of rotatable bonds is 54. The second-order valence-corrected chi connectivity index (χ2v) is 37.7. The number of benzene rings is 2. The quantitative estimate of drug-likeness (QED) is 0.0322. The Balaban J connectivity index is 1.41. The summed E-state index contributed by atoms with van der Waals surface area (Å²) in [7, 11) is -1.89. The van der Waals surface area contributed by atoms with E-state index < -0.39 is 16.1 Å². The fourth-order valence-electron chi connectivity index (χ4n) is 11.3. The van der Waals surface area contributed by atoms with Gasteiger partial charge in [0.2, 0.25) is 0 Å². The lowest BCUT2D eigenvalue weighted by Crippen LogP contribution is -2.22. The number of hydrogen-bond acceptors (Lipinski definition) is 7. The summed E-state index contributed by atoms with van der Waals surface area (Å²) in [5.41, 5.74) is 3.89. The fraction of sp³-hybridized carbons (Fsp3) is 0.730. The first-order valence-corrected chi connectivity index (χ1v) is 42.3. The van der Waals surface area contributed by atoms with E-state index in [1.165, 1.54) is 242 Å². The monoisotopic (exact) mass is 1170 g/mol. The molecule has 0 aliphatic heterocycles. The first-order valence-electron chi connectivity index (χ1n) is 35.4. The third kappa shape index (κ3) is 33.8. The van der Waals surface area contributed by atoms with Gasteiger partial charge in [0.1, 0.15) is 11.5 Å². The van der Waals surface area contributed by atoms with Crippen LogP contribution in [-0.2, 0) is 12.8 Å². The second kappa shape index (κ2) is 45.7. The predicted octanol–water partition coefficient (Wildman–Crippen LogP) is 24.6. The van der Waals surface area contributed by atoms with Crippen molar-refractivity contribution in [3.05, 3.63) is 72.3 Å². The van der Waals surface area contributed by atoms with E-state index in [0.29, 0.717) is 11.5 Å². The van der Waals surface area contributed by atoms with Gasteiger partial charge < -0.3 is 14.2 Å². The number of ether oxygens (including phenoxy) is 3. The summed E-state index contributed by atoms with van der Waals surface area (Å²) in [6.45, 7) is 21.1. The van der Waals surface area contributed by atoms with Crippen LogP contribution in [0.3, 0.4) is 0 Å². The Morgan fingerprint density at radius 2 is 0.602 bits per heavy atom. The molecule has 0 bridgehead atoms. The van der Waals surface area contributed by atoms with Crippen LogP contribution in [0, 0.1) is 0 Å². The maximum atomic E-state index is 6.93. The molecule has 7 nitrogen and oxygen atoms in total. The van der Waals surface area contributed by atoms with Gasteiger partial charge in [-0.1, -0.05) is 296 Å². The van der Waals surface area contributed by atoms with Gasteiger partial charge in [0, 0.05) is 27.3 Å². The Morgan fingerprint density at radius 1 is 0.325 bits per heavy atom. The molecule has 468 valence electrons. The summed E-state index contributed by atoms with van der Waals surface area (Å²) in [6, 6.07) is 22.5. The molecule has 0 amide bonds. The number of aryl methyl sites for hydroxylation is 2. The molecule has 83 heavy (non-hydrogen) atoms. The third-order valence-electron chi connectivity index (χ3n) is 18.1. The standard InChI is InChI=1S/C74H126N4O3Si2/c1-9-13-15-17-19-21-27-33-39-45-59-79-67-55-51-65(52-56-67)73-75-63-71(69(77-73)49-43-37-31-25-23-29-35-41-47-61-82(5,6)11-3)81-72-64-76-74(78-70(72)50-44-38-32-26-24-30-36-42-48-62-83(7,8)12-4)66-53-57-68(58-54-66)80-60-46-40-34-28-22-20-18-16-14-10-2/h51-58,63-64H,9-50,59-62H2,1-8H3. The SMILES string of the molecule is CCCCCCCCCCCCOc1ccc(-c2ncc(Oc3cnc(-c4ccc(OCCCCCCCCCCCC)cc4)nc3CCCCCCCCCCC[Si](C)(C)CC)c(CCCCCCCCCCC[Si](C)(C)CC)n2)cc1. The van der Waals surface area contributed by atoms with Crippen LogP contribution in [0.2, 0.25) is 50.4 Å². The molecule has 0 N–H and O–H groups in total. The molecule has 4 rings (SSSR count). The lowest BCUT2D eigenvalue weighted by atomic mass is 10.1. The molecule has 2 heterocycles. The highest BCUT2D eigenvalue weighted by Gasteiger charge is 2.19. The third-order valence-corrected chi connectivity index (χ3v) is 25.3. The molecule has 0 aliphatic carbocycles. The van der Waals surface area contributed by atoms with Crippen LogP contribution in [0.15, 0.2) is 60.9 Å². The van der Waals surface area contributed by atoms with Crippen molar-refractivity contribution in [2.75, 3.05) is 13.2 Å². The van der Waals surface area contributed by atoms with Crippen molar-refractivity contribution in [1.29, 1.82) is 0 Å². The first kappa shape index (κ1) is 71.9. The Kier molecular flexibility index (Phi) is 39.6. The number of nitrogens with zero attached hydrogens (tertiary/aromatic N) is 4. The smallest absolute Gasteiger partial charge is 0.167 e. The number of unbranched alkanes of at least 4 members (excludes halogenated alkanes) is 34. The van der Waals surface area contributed by atoms with Crippen molar-refractivity contribution in [3.8, 4) is 45.8 Å². The topological polar surface area (TPSA) is 79.2 Å². The van der Waals surface area contributed by atoms with Gasteiger partial charge in [-0.3, -0.25) is 0 Å². The summed E-state index contributed by atoms with van der Waals surface area (Å²) < 4.78 is 19.3. The van der Waals surface area contributed by atoms with Crippen molar-refractivity contribution < 1.29 is 14.2 Å². The molecule has 0 spiro atoms. The van der Waals surface area contributed by atoms with Crippen molar-refractivity contribution in [2.24, 2.45) is 0 Å². The van der Waals surface area contributed by atoms with Crippen LogP contribution >= 0.6 is 0 Å². The van der Waals surface area contributed by atoms with Crippen LogP contribution in [0.1, 0.15) is 283 Å². The minimum Gasteiger partial charge on any atom is -0.494 e. The molecular formula is C74H126N4O3Si2. The highest BCUT2D eigenvalue weighted by atomic mass is 28.3. The highest BCUT2D eigenvalue weighted by molar-refractivity contribution is 6.77. The van der Waals surface area contributed by atoms with Crippen molar-refractivity contribution in [3.63, 3.8) is 0 Å². The molecule has 9 heteroatoms. The minimum atomic E-state index is -0.943. The molecular weight excluding hydrogens is 1050 g/mol. The zero-order chi connectivity index (χ0) is 59.3. The molecule has 0 aliphatic rings. The number of hydrogen-bond donors (Lipinski definition) is 0. The molecule has 2 aromatic heterocycles. The molecule has 0 saturated carbocycles.